The second-order valence-corrected chi connectivity index (χ2v) is 9.67. The van der Waals surface area contributed by atoms with E-state index in [1.165, 1.54) is 18.6 Å². The zero-order valence-electron chi connectivity index (χ0n) is 12.5. The minimum absolute atomic E-state index is 0.318. The van der Waals surface area contributed by atoms with Crippen molar-refractivity contribution in [2.24, 2.45) is 0 Å². The minimum Gasteiger partial charge on any atom is -0.492 e. The largest absolute Gasteiger partial charge is 0.523 e. The molecule has 4 nitrogen and oxygen atoms in total. The van der Waals surface area contributed by atoms with Gasteiger partial charge in [0.2, 0.25) is 0 Å². The summed E-state index contributed by atoms with van der Waals surface area (Å²) in [6.45, 7) is 2.37. The van der Waals surface area contributed by atoms with Crippen LogP contribution in [0, 0.1) is 0 Å². The van der Waals surface area contributed by atoms with Gasteiger partial charge in [0.15, 0.2) is 0 Å². The van der Waals surface area contributed by atoms with Crippen LogP contribution in [0.15, 0.2) is 29.2 Å². The summed E-state index contributed by atoms with van der Waals surface area (Å²) < 4.78 is 70.0. The van der Waals surface area contributed by atoms with Crippen molar-refractivity contribution < 1.29 is 30.0 Å². The molecule has 0 aliphatic rings. The number of rotatable bonds is 7. The maximum Gasteiger partial charge on any atom is 0.523 e. The molecular weight excluding hydrogens is 341 g/mol. The fraction of sp³-hybridized carbons (Fsp3) is 0.538. The summed E-state index contributed by atoms with van der Waals surface area (Å²) in [6.07, 6.45) is 4.35. The highest BCUT2D eigenvalue weighted by Gasteiger charge is 2.50. The Morgan fingerprint density at radius 1 is 1.14 bits per heavy atom. The molecule has 1 aromatic rings. The van der Waals surface area contributed by atoms with E-state index < -0.39 is 25.9 Å². The summed E-state index contributed by atoms with van der Waals surface area (Å²) in [5.74, 6) is 0.341. The molecule has 0 aliphatic carbocycles. The van der Waals surface area contributed by atoms with Crippen molar-refractivity contribution in [3.05, 3.63) is 24.3 Å². The van der Waals surface area contributed by atoms with Crippen LogP contribution in [0.2, 0.25) is 0 Å². The van der Waals surface area contributed by atoms with E-state index in [-0.39, 0.29) is 0 Å². The third-order valence-electron chi connectivity index (χ3n) is 2.68. The third-order valence-corrected chi connectivity index (χ3v) is 6.72. The molecule has 0 unspecified atom stereocenters. The summed E-state index contributed by atoms with van der Waals surface area (Å²) in [5.41, 5.74) is -5.45. The predicted octanol–water partition coefficient (Wildman–Crippen LogP) is 4.07. The number of hydrogen-bond acceptors (Lipinski definition) is 4. The van der Waals surface area contributed by atoms with Crippen LogP contribution >= 0.6 is 10.3 Å². The van der Waals surface area contributed by atoms with Crippen LogP contribution in [0.3, 0.4) is 0 Å². The van der Waals surface area contributed by atoms with Gasteiger partial charge in [0, 0.05) is 0 Å². The second-order valence-electron chi connectivity index (χ2n) is 4.85. The van der Waals surface area contributed by atoms with Gasteiger partial charge in [-0.25, -0.2) is 3.63 Å². The molecule has 9 heteroatoms. The van der Waals surface area contributed by atoms with Crippen LogP contribution in [-0.2, 0) is 13.7 Å². The molecule has 0 N–H and O–H groups in total. The van der Waals surface area contributed by atoms with Crippen molar-refractivity contribution in [3.8, 4) is 5.75 Å². The molecule has 0 aromatic heterocycles. The standard InChI is InChI=1S/C13H19F3O4S2/c1-4-5-10-19-11-8-6-7-9-12(11)21(2,3)20-22(17,18)13(14,15)16/h6-9H,4-5,10H2,1-3H3. The van der Waals surface area contributed by atoms with Crippen molar-refractivity contribution in [3.63, 3.8) is 0 Å². The van der Waals surface area contributed by atoms with Crippen LogP contribution in [0.1, 0.15) is 19.8 Å². The molecule has 128 valence electrons. The number of alkyl halides is 3. The molecule has 0 fully saturated rings. The van der Waals surface area contributed by atoms with E-state index in [0.29, 0.717) is 17.3 Å². The molecule has 22 heavy (non-hydrogen) atoms. The lowest BCUT2D eigenvalue weighted by Crippen LogP contribution is -2.26. The lowest BCUT2D eigenvalue weighted by molar-refractivity contribution is -0.0496. The molecule has 0 spiro atoms. The van der Waals surface area contributed by atoms with E-state index in [4.69, 9.17) is 4.74 Å². The maximum absolute atomic E-state index is 12.5. The van der Waals surface area contributed by atoms with Gasteiger partial charge in [-0.3, -0.25) is 0 Å². The van der Waals surface area contributed by atoms with Gasteiger partial charge in [-0.2, -0.15) is 21.6 Å². The van der Waals surface area contributed by atoms with Gasteiger partial charge in [0.1, 0.15) is 5.75 Å². The minimum atomic E-state index is -5.66. The van der Waals surface area contributed by atoms with E-state index in [0.717, 1.165) is 12.8 Å². The molecule has 0 aliphatic heterocycles. The second kappa shape index (κ2) is 7.10. The summed E-state index contributed by atoms with van der Waals surface area (Å²) in [7, 11) is -8.37. The van der Waals surface area contributed by atoms with Gasteiger partial charge < -0.3 is 4.74 Å². The molecule has 0 heterocycles. The quantitative estimate of drug-likeness (QED) is 0.543. The Hall–Kier alpha value is -0.930. The van der Waals surface area contributed by atoms with Crippen LogP contribution in [0.4, 0.5) is 13.2 Å². The number of unbranched alkanes of at least 4 members (excludes halogenated alkanes) is 1. The van der Waals surface area contributed by atoms with Crippen molar-refractivity contribution >= 4 is 20.4 Å². The first-order valence-corrected chi connectivity index (χ1v) is 10.3. The Bertz CT molecular complexity index is 598. The number of halogens is 3. The predicted molar refractivity (Wildman–Crippen MR) is 80.6 cm³/mol. The lowest BCUT2D eigenvalue weighted by Gasteiger charge is -2.31. The maximum atomic E-state index is 12.5. The van der Waals surface area contributed by atoms with Gasteiger partial charge >= 0.3 is 15.6 Å². The number of ether oxygens (including phenoxy) is 1. The van der Waals surface area contributed by atoms with Crippen LogP contribution in [0.25, 0.3) is 0 Å². The highest BCUT2D eigenvalue weighted by molar-refractivity contribution is 8.32. The highest BCUT2D eigenvalue weighted by atomic mass is 32.3. The van der Waals surface area contributed by atoms with Gasteiger partial charge in [-0.1, -0.05) is 35.8 Å². The summed E-state index contributed by atoms with van der Waals surface area (Å²) in [6, 6.07) is 6.37. The zero-order valence-corrected chi connectivity index (χ0v) is 14.1. The molecule has 0 bridgehead atoms. The van der Waals surface area contributed by atoms with Crippen molar-refractivity contribution in [2.45, 2.75) is 30.2 Å². The van der Waals surface area contributed by atoms with Crippen LogP contribution < -0.4 is 4.74 Å². The first kappa shape index (κ1) is 19.1. The van der Waals surface area contributed by atoms with Gasteiger partial charge in [0.25, 0.3) is 0 Å². The van der Waals surface area contributed by atoms with Gasteiger partial charge in [0.05, 0.1) is 11.5 Å². The smallest absolute Gasteiger partial charge is 0.492 e. The van der Waals surface area contributed by atoms with E-state index in [1.54, 1.807) is 18.2 Å². The van der Waals surface area contributed by atoms with Crippen LogP contribution in [0.5, 0.6) is 5.75 Å². The average molecular weight is 360 g/mol. The third kappa shape index (κ3) is 4.79. The average Bonchev–Trinajstić information content (AvgIpc) is 2.37. The Morgan fingerprint density at radius 2 is 1.73 bits per heavy atom. The number of benzene rings is 1. The Labute approximate surface area is 130 Å². The topological polar surface area (TPSA) is 52.6 Å². The summed E-state index contributed by atoms with van der Waals surface area (Å²) >= 11 is 0. The summed E-state index contributed by atoms with van der Waals surface area (Å²) in [5, 5.41) is 0. The van der Waals surface area contributed by atoms with Crippen molar-refractivity contribution in [2.75, 3.05) is 19.1 Å². The SMILES string of the molecule is CCCCOc1ccccc1S(C)(C)OS(=O)(=O)C(F)(F)F. The van der Waals surface area contributed by atoms with E-state index in [2.05, 4.69) is 3.63 Å². The molecular formula is C13H19F3O4S2. The molecule has 1 aromatic carbocycles. The molecule has 0 amide bonds. The van der Waals surface area contributed by atoms with Crippen molar-refractivity contribution in [1.29, 1.82) is 0 Å². The monoisotopic (exact) mass is 360 g/mol. The van der Waals surface area contributed by atoms with Crippen LogP contribution in [-0.4, -0.2) is 33.0 Å². The lowest BCUT2D eigenvalue weighted by atomic mass is 10.3. The normalized spacial score (nSPS) is 13.9. The van der Waals surface area contributed by atoms with Gasteiger partial charge in [-0.05, 0) is 31.1 Å². The van der Waals surface area contributed by atoms with E-state index >= 15 is 0 Å². The summed E-state index contributed by atoms with van der Waals surface area (Å²) in [4.78, 5) is 0.318. The Balaban J connectivity index is 3.08. The highest BCUT2D eigenvalue weighted by Crippen LogP contribution is 2.56. The van der Waals surface area contributed by atoms with Gasteiger partial charge in [-0.15, -0.1) is 0 Å². The molecule has 0 saturated carbocycles. The first-order chi connectivity index (χ1) is 10.0. The number of para-hydroxylation sites is 1. The fourth-order valence-electron chi connectivity index (χ4n) is 1.60. The number of hydrogen-bond donors (Lipinski definition) is 0. The van der Waals surface area contributed by atoms with E-state index in [9.17, 15) is 21.6 Å². The molecule has 0 saturated heterocycles. The van der Waals surface area contributed by atoms with Crippen molar-refractivity contribution in [1.82, 2.24) is 0 Å². The molecule has 0 radical (unpaired) electrons. The Morgan fingerprint density at radius 3 is 2.27 bits per heavy atom. The first-order valence-electron chi connectivity index (χ1n) is 6.49. The fourth-order valence-corrected chi connectivity index (χ4v) is 5.01. The Kier molecular flexibility index (Phi) is 6.17. The zero-order chi connectivity index (χ0) is 17.0. The molecule has 1 rings (SSSR count). The van der Waals surface area contributed by atoms with E-state index in [1.807, 2.05) is 6.92 Å². The molecule has 0 atom stereocenters.